The number of hydrogen-bond donors (Lipinski definition) is 0. The number of nitrogens with zero attached hydrogens (tertiary/aromatic N) is 1. The van der Waals surface area contributed by atoms with Crippen molar-refractivity contribution < 1.29 is 4.79 Å². The number of ketones is 1. The van der Waals surface area contributed by atoms with Gasteiger partial charge >= 0.3 is 0 Å². The molecule has 2 aromatic carbocycles. The van der Waals surface area contributed by atoms with Gasteiger partial charge in [0.05, 0.1) is 0 Å². The van der Waals surface area contributed by atoms with E-state index >= 15 is 0 Å². The Kier molecular flexibility index (Phi) is 4.69. The van der Waals surface area contributed by atoms with Gasteiger partial charge in [-0.05, 0) is 31.9 Å². The van der Waals surface area contributed by atoms with Crippen molar-refractivity contribution in [1.29, 1.82) is 0 Å². The van der Waals surface area contributed by atoms with Gasteiger partial charge in [-0.15, -0.1) is 0 Å². The lowest BCUT2D eigenvalue weighted by atomic mass is 10.0. The van der Waals surface area contributed by atoms with Gasteiger partial charge in [0.15, 0.2) is 5.78 Å². The van der Waals surface area contributed by atoms with E-state index in [1.165, 1.54) is 18.4 Å². The maximum Gasteiger partial charge on any atom is 0.164 e. The van der Waals surface area contributed by atoms with Gasteiger partial charge in [-0.3, -0.25) is 9.69 Å². The van der Waals surface area contributed by atoms with Crippen molar-refractivity contribution in [2.24, 2.45) is 0 Å². The van der Waals surface area contributed by atoms with Gasteiger partial charge in [0.25, 0.3) is 0 Å². The summed E-state index contributed by atoms with van der Waals surface area (Å²) in [6, 6.07) is 21.3. The third-order valence-corrected chi connectivity index (χ3v) is 4.70. The monoisotopic (exact) mass is 293 g/mol. The predicted molar refractivity (Wildman–Crippen MR) is 90.1 cm³/mol. The summed E-state index contributed by atoms with van der Waals surface area (Å²) in [5.41, 5.74) is 2.24. The first kappa shape index (κ1) is 15.0. The molecular formula is C20H23NO. The number of carbonyl (C=O) groups is 1. The van der Waals surface area contributed by atoms with Gasteiger partial charge < -0.3 is 0 Å². The number of benzene rings is 2. The molecule has 3 rings (SSSR count). The molecule has 1 aliphatic heterocycles. The Morgan fingerprint density at radius 1 is 0.955 bits per heavy atom. The molecule has 0 bridgehead atoms. The largest absolute Gasteiger partial charge is 0.297 e. The summed E-state index contributed by atoms with van der Waals surface area (Å²) in [5, 5.41) is 0. The Bertz CT molecular complexity index is 608. The minimum atomic E-state index is 0.267. The second-order valence-corrected chi connectivity index (χ2v) is 6.17. The molecule has 1 saturated heterocycles. The molecule has 0 spiro atoms. The van der Waals surface area contributed by atoms with Crippen LogP contribution < -0.4 is 0 Å². The molecule has 2 aromatic rings. The Morgan fingerprint density at radius 3 is 2.27 bits per heavy atom. The van der Waals surface area contributed by atoms with E-state index in [0.717, 1.165) is 12.0 Å². The number of aryl methyl sites for hydroxylation is 1. The molecule has 22 heavy (non-hydrogen) atoms. The maximum absolute atomic E-state index is 12.3. The fraction of sp³-hybridized carbons (Fsp3) is 0.350. The molecule has 1 fully saturated rings. The van der Waals surface area contributed by atoms with Crippen molar-refractivity contribution in [2.45, 2.75) is 37.8 Å². The fourth-order valence-corrected chi connectivity index (χ4v) is 3.24. The molecule has 0 aromatic heterocycles. The Balaban J connectivity index is 1.44. The molecule has 0 radical (unpaired) electrons. The molecule has 2 nitrogen and oxygen atoms in total. The van der Waals surface area contributed by atoms with E-state index < -0.39 is 0 Å². The lowest BCUT2D eigenvalue weighted by Gasteiger charge is -2.01. The molecule has 0 amide bonds. The van der Waals surface area contributed by atoms with Crippen LogP contribution in [0.4, 0.5) is 0 Å². The SMILES string of the molecule is CN1C(CCCc2ccccc2)C1CC(=O)c1ccccc1. The van der Waals surface area contributed by atoms with Crippen molar-refractivity contribution in [3.8, 4) is 0 Å². The molecule has 114 valence electrons. The fourth-order valence-electron chi connectivity index (χ4n) is 3.24. The summed E-state index contributed by atoms with van der Waals surface area (Å²) in [6.45, 7) is 0. The molecular weight excluding hydrogens is 270 g/mol. The Morgan fingerprint density at radius 2 is 1.59 bits per heavy atom. The summed E-state index contributed by atoms with van der Waals surface area (Å²) in [7, 11) is 2.14. The third kappa shape index (κ3) is 3.63. The summed E-state index contributed by atoms with van der Waals surface area (Å²) in [5.74, 6) is 0.267. The minimum Gasteiger partial charge on any atom is -0.297 e. The van der Waals surface area contributed by atoms with Gasteiger partial charge in [-0.2, -0.15) is 0 Å². The number of likely N-dealkylation sites (N-methyl/N-ethyl adjacent to an activating group) is 1. The first-order chi connectivity index (χ1) is 10.8. The molecule has 0 aliphatic carbocycles. The average molecular weight is 293 g/mol. The predicted octanol–water partition coefficient (Wildman–Crippen LogP) is 3.96. The van der Waals surface area contributed by atoms with Crippen molar-refractivity contribution in [3.63, 3.8) is 0 Å². The normalized spacial score (nSPS) is 23.2. The molecule has 1 aliphatic rings. The number of carbonyl (C=O) groups excluding carboxylic acids is 1. The third-order valence-electron chi connectivity index (χ3n) is 4.70. The molecule has 0 saturated carbocycles. The van der Waals surface area contributed by atoms with E-state index in [1.807, 2.05) is 30.3 Å². The van der Waals surface area contributed by atoms with Gasteiger partial charge in [0.2, 0.25) is 0 Å². The molecule has 2 heteroatoms. The van der Waals surface area contributed by atoms with Crippen LogP contribution in [0.2, 0.25) is 0 Å². The van der Waals surface area contributed by atoms with Gasteiger partial charge in [-0.1, -0.05) is 60.7 Å². The van der Waals surface area contributed by atoms with E-state index in [1.54, 1.807) is 0 Å². The summed E-state index contributed by atoms with van der Waals surface area (Å²) in [6.07, 6.45) is 4.15. The minimum absolute atomic E-state index is 0.267. The van der Waals surface area contributed by atoms with Crippen LogP contribution in [-0.2, 0) is 6.42 Å². The van der Waals surface area contributed by atoms with Crippen molar-refractivity contribution in [3.05, 3.63) is 71.8 Å². The van der Waals surface area contributed by atoms with Crippen LogP contribution >= 0.6 is 0 Å². The van der Waals surface area contributed by atoms with Crippen LogP contribution in [-0.4, -0.2) is 29.8 Å². The van der Waals surface area contributed by atoms with E-state index in [4.69, 9.17) is 0 Å². The second kappa shape index (κ2) is 6.89. The summed E-state index contributed by atoms with van der Waals surface area (Å²) < 4.78 is 0. The zero-order valence-corrected chi connectivity index (χ0v) is 13.1. The highest BCUT2D eigenvalue weighted by Gasteiger charge is 2.44. The van der Waals surface area contributed by atoms with Crippen LogP contribution in [0.5, 0.6) is 0 Å². The lowest BCUT2D eigenvalue weighted by molar-refractivity contribution is 0.0978. The number of hydrogen-bond acceptors (Lipinski definition) is 2. The van der Waals surface area contributed by atoms with Crippen LogP contribution in [0.15, 0.2) is 60.7 Å². The molecule has 3 atom stereocenters. The number of rotatable bonds is 7. The van der Waals surface area contributed by atoms with Crippen molar-refractivity contribution >= 4 is 5.78 Å². The summed E-state index contributed by atoms with van der Waals surface area (Å²) >= 11 is 0. The average Bonchev–Trinajstić information content (AvgIpc) is 3.17. The molecule has 1 heterocycles. The highest BCUT2D eigenvalue weighted by molar-refractivity contribution is 5.96. The standard InChI is InChI=1S/C20H23NO/c1-21-18(14-8-11-16-9-4-2-5-10-16)19(21)15-20(22)17-12-6-3-7-13-17/h2-7,9-10,12-13,18-19H,8,11,14-15H2,1H3. The quantitative estimate of drug-likeness (QED) is 0.569. The Hall–Kier alpha value is -1.93. The summed E-state index contributed by atoms with van der Waals surface area (Å²) in [4.78, 5) is 14.6. The van der Waals surface area contributed by atoms with Crippen LogP contribution in [0.3, 0.4) is 0 Å². The van der Waals surface area contributed by atoms with Crippen molar-refractivity contribution in [1.82, 2.24) is 4.90 Å². The van der Waals surface area contributed by atoms with E-state index in [9.17, 15) is 4.79 Å². The van der Waals surface area contributed by atoms with E-state index in [-0.39, 0.29) is 5.78 Å². The van der Waals surface area contributed by atoms with E-state index in [0.29, 0.717) is 18.5 Å². The van der Waals surface area contributed by atoms with E-state index in [2.05, 4.69) is 42.3 Å². The second-order valence-electron chi connectivity index (χ2n) is 6.17. The highest BCUT2D eigenvalue weighted by Crippen LogP contribution is 2.33. The lowest BCUT2D eigenvalue weighted by Crippen LogP contribution is -2.06. The number of Topliss-reactive ketones (excluding diaryl/α,β-unsaturated/α-hetero) is 1. The van der Waals surface area contributed by atoms with Crippen molar-refractivity contribution in [2.75, 3.05) is 7.05 Å². The molecule has 3 unspecified atom stereocenters. The zero-order valence-electron chi connectivity index (χ0n) is 13.1. The topological polar surface area (TPSA) is 20.1 Å². The van der Waals surface area contributed by atoms with Gasteiger partial charge in [0.1, 0.15) is 0 Å². The first-order valence-corrected chi connectivity index (χ1v) is 8.10. The van der Waals surface area contributed by atoms with Gasteiger partial charge in [0, 0.05) is 24.1 Å². The zero-order chi connectivity index (χ0) is 15.4. The smallest absolute Gasteiger partial charge is 0.164 e. The highest BCUT2D eigenvalue weighted by atomic mass is 16.1. The van der Waals surface area contributed by atoms with Crippen LogP contribution in [0.1, 0.15) is 35.2 Å². The van der Waals surface area contributed by atoms with Crippen LogP contribution in [0, 0.1) is 0 Å². The van der Waals surface area contributed by atoms with Crippen LogP contribution in [0.25, 0.3) is 0 Å². The van der Waals surface area contributed by atoms with Gasteiger partial charge in [-0.25, -0.2) is 0 Å². The first-order valence-electron chi connectivity index (χ1n) is 8.10. The Labute approximate surface area is 132 Å². The maximum atomic E-state index is 12.3. The molecule has 0 N–H and O–H groups in total.